The second kappa shape index (κ2) is 9.61. The van der Waals surface area contributed by atoms with Crippen LogP contribution in [0.4, 0.5) is 4.79 Å². The quantitative estimate of drug-likeness (QED) is 0.596. The SMILES string of the molecule is CCC(CC)C(C)NC(=O)NCC(CC(=O)O)OC. The van der Waals surface area contributed by atoms with Gasteiger partial charge in [-0.1, -0.05) is 26.7 Å². The lowest BCUT2D eigenvalue weighted by atomic mass is 9.96. The third-order valence-electron chi connectivity index (χ3n) is 3.34. The zero-order chi connectivity index (χ0) is 14.8. The minimum absolute atomic E-state index is 0.0930. The van der Waals surface area contributed by atoms with Crippen LogP contribution >= 0.6 is 0 Å². The van der Waals surface area contributed by atoms with Gasteiger partial charge in [-0.3, -0.25) is 4.79 Å². The molecule has 6 nitrogen and oxygen atoms in total. The van der Waals surface area contributed by atoms with Crippen LogP contribution < -0.4 is 10.6 Å². The molecule has 3 N–H and O–H groups in total. The van der Waals surface area contributed by atoms with Crippen molar-refractivity contribution in [2.45, 2.75) is 52.2 Å². The lowest BCUT2D eigenvalue weighted by Crippen LogP contribution is -2.46. The van der Waals surface area contributed by atoms with Crippen molar-refractivity contribution >= 4 is 12.0 Å². The summed E-state index contributed by atoms with van der Waals surface area (Å²) in [7, 11) is 1.43. The highest BCUT2D eigenvalue weighted by atomic mass is 16.5. The molecule has 2 atom stereocenters. The number of carbonyl (C=O) groups excluding carboxylic acids is 1. The molecule has 0 heterocycles. The highest BCUT2D eigenvalue weighted by Gasteiger charge is 2.17. The Morgan fingerprint density at radius 1 is 1.26 bits per heavy atom. The Kier molecular flexibility index (Phi) is 8.95. The van der Waals surface area contributed by atoms with E-state index in [1.54, 1.807) is 0 Å². The van der Waals surface area contributed by atoms with Crippen molar-refractivity contribution in [1.29, 1.82) is 0 Å². The molecular formula is C13H26N2O4. The number of ether oxygens (including phenoxy) is 1. The Balaban J connectivity index is 4.06. The van der Waals surface area contributed by atoms with Crippen molar-refractivity contribution in [2.75, 3.05) is 13.7 Å². The first-order valence-electron chi connectivity index (χ1n) is 6.73. The van der Waals surface area contributed by atoms with Gasteiger partial charge in [0.25, 0.3) is 0 Å². The number of urea groups is 1. The highest BCUT2D eigenvalue weighted by molar-refractivity contribution is 5.74. The van der Waals surface area contributed by atoms with Gasteiger partial charge in [-0.2, -0.15) is 0 Å². The second-order valence-electron chi connectivity index (χ2n) is 4.68. The van der Waals surface area contributed by atoms with E-state index in [0.29, 0.717) is 5.92 Å². The summed E-state index contributed by atoms with van der Waals surface area (Å²) in [5, 5.41) is 14.2. The van der Waals surface area contributed by atoms with Crippen LogP contribution in [0.3, 0.4) is 0 Å². The zero-order valence-electron chi connectivity index (χ0n) is 12.2. The van der Waals surface area contributed by atoms with Crippen LogP contribution in [0.25, 0.3) is 0 Å². The zero-order valence-corrected chi connectivity index (χ0v) is 12.2. The van der Waals surface area contributed by atoms with Gasteiger partial charge in [0.15, 0.2) is 0 Å². The normalized spacial score (nSPS) is 13.9. The van der Waals surface area contributed by atoms with E-state index in [9.17, 15) is 9.59 Å². The van der Waals surface area contributed by atoms with Crippen molar-refractivity contribution < 1.29 is 19.4 Å². The fourth-order valence-electron chi connectivity index (χ4n) is 2.01. The van der Waals surface area contributed by atoms with Crippen LogP contribution in [0.15, 0.2) is 0 Å². The predicted octanol–water partition coefficient (Wildman–Crippen LogP) is 1.60. The first kappa shape index (κ1) is 17.7. The van der Waals surface area contributed by atoms with E-state index in [-0.39, 0.29) is 25.0 Å². The summed E-state index contributed by atoms with van der Waals surface area (Å²) in [4.78, 5) is 22.2. The molecule has 0 aromatic rings. The summed E-state index contributed by atoms with van der Waals surface area (Å²) in [6.07, 6.45) is 1.39. The van der Waals surface area contributed by atoms with Crippen molar-refractivity contribution in [2.24, 2.45) is 5.92 Å². The maximum absolute atomic E-state index is 11.7. The number of amides is 2. The molecule has 112 valence electrons. The lowest BCUT2D eigenvalue weighted by molar-refractivity contribution is -0.139. The van der Waals surface area contributed by atoms with E-state index in [0.717, 1.165) is 12.8 Å². The van der Waals surface area contributed by atoms with Crippen LogP contribution in [0.1, 0.15) is 40.0 Å². The molecule has 2 unspecified atom stereocenters. The fourth-order valence-corrected chi connectivity index (χ4v) is 2.01. The number of carboxylic acid groups (broad SMARTS) is 1. The predicted molar refractivity (Wildman–Crippen MR) is 73.1 cm³/mol. The molecule has 0 radical (unpaired) electrons. The number of hydrogen-bond donors (Lipinski definition) is 3. The van der Waals surface area contributed by atoms with Gasteiger partial charge >= 0.3 is 12.0 Å². The molecule has 0 saturated carbocycles. The van der Waals surface area contributed by atoms with E-state index in [2.05, 4.69) is 24.5 Å². The number of carboxylic acids is 1. The molecule has 0 aromatic heterocycles. The maximum Gasteiger partial charge on any atom is 0.315 e. The Bertz CT molecular complexity index is 280. The van der Waals surface area contributed by atoms with Crippen LogP contribution in [0.5, 0.6) is 0 Å². The van der Waals surface area contributed by atoms with Crippen LogP contribution in [0.2, 0.25) is 0 Å². The summed E-state index contributed by atoms with van der Waals surface area (Å²) in [5.74, 6) is -0.498. The first-order valence-corrected chi connectivity index (χ1v) is 6.73. The molecule has 19 heavy (non-hydrogen) atoms. The number of hydrogen-bond acceptors (Lipinski definition) is 3. The summed E-state index contributed by atoms with van der Waals surface area (Å²) in [5.41, 5.74) is 0. The molecule has 0 aliphatic carbocycles. The molecule has 0 saturated heterocycles. The van der Waals surface area contributed by atoms with Gasteiger partial charge in [-0.15, -0.1) is 0 Å². The molecule has 6 heteroatoms. The Hall–Kier alpha value is -1.30. The fraction of sp³-hybridized carbons (Fsp3) is 0.846. The van der Waals surface area contributed by atoms with E-state index in [1.807, 2.05) is 6.92 Å². The minimum Gasteiger partial charge on any atom is -0.481 e. The molecule has 2 amide bonds. The molecule has 0 fully saturated rings. The maximum atomic E-state index is 11.7. The molecule has 0 spiro atoms. The average molecular weight is 274 g/mol. The van der Waals surface area contributed by atoms with Crippen LogP contribution in [0, 0.1) is 5.92 Å². The van der Waals surface area contributed by atoms with E-state index in [4.69, 9.17) is 9.84 Å². The van der Waals surface area contributed by atoms with Gasteiger partial charge in [-0.05, 0) is 12.8 Å². The summed E-state index contributed by atoms with van der Waals surface area (Å²) in [6, 6.07) is -0.192. The Morgan fingerprint density at radius 3 is 2.26 bits per heavy atom. The monoisotopic (exact) mass is 274 g/mol. The summed E-state index contributed by atoms with van der Waals surface area (Å²) >= 11 is 0. The summed E-state index contributed by atoms with van der Waals surface area (Å²) in [6.45, 7) is 6.35. The Morgan fingerprint density at radius 2 is 1.84 bits per heavy atom. The van der Waals surface area contributed by atoms with Crippen molar-refractivity contribution in [3.05, 3.63) is 0 Å². The van der Waals surface area contributed by atoms with Gasteiger partial charge < -0.3 is 20.5 Å². The minimum atomic E-state index is -0.945. The molecule has 0 aromatic carbocycles. The average Bonchev–Trinajstić information content (AvgIpc) is 2.35. The van der Waals surface area contributed by atoms with E-state index in [1.165, 1.54) is 7.11 Å². The standard InChI is InChI=1S/C13H26N2O4/c1-5-10(6-2)9(3)15-13(18)14-8-11(19-4)7-12(16)17/h9-11H,5-8H2,1-4H3,(H,16,17)(H2,14,15,18). The third-order valence-corrected chi connectivity index (χ3v) is 3.34. The van der Waals surface area contributed by atoms with Gasteiger partial charge in [0.2, 0.25) is 0 Å². The molecule has 0 aliphatic heterocycles. The van der Waals surface area contributed by atoms with Crippen molar-refractivity contribution in [3.63, 3.8) is 0 Å². The molecule has 0 rings (SSSR count). The van der Waals surface area contributed by atoms with E-state index < -0.39 is 12.1 Å². The van der Waals surface area contributed by atoms with E-state index >= 15 is 0 Å². The first-order chi connectivity index (χ1) is 8.94. The van der Waals surface area contributed by atoms with Gasteiger partial charge in [0.05, 0.1) is 12.5 Å². The van der Waals surface area contributed by atoms with Crippen LogP contribution in [-0.2, 0) is 9.53 Å². The second-order valence-corrected chi connectivity index (χ2v) is 4.68. The molecule has 0 bridgehead atoms. The smallest absolute Gasteiger partial charge is 0.315 e. The van der Waals surface area contributed by atoms with Gasteiger partial charge in [-0.25, -0.2) is 4.79 Å². The summed E-state index contributed by atoms with van der Waals surface area (Å²) < 4.78 is 4.98. The highest BCUT2D eigenvalue weighted by Crippen LogP contribution is 2.12. The number of carbonyl (C=O) groups is 2. The van der Waals surface area contributed by atoms with Crippen LogP contribution in [-0.4, -0.2) is 42.9 Å². The number of nitrogens with one attached hydrogen (secondary N) is 2. The Labute approximate surface area is 114 Å². The van der Waals surface area contributed by atoms with Crippen molar-refractivity contribution in [1.82, 2.24) is 10.6 Å². The van der Waals surface area contributed by atoms with Gasteiger partial charge in [0, 0.05) is 19.7 Å². The largest absolute Gasteiger partial charge is 0.481 e. The molecule has 0 aliphatic rings. The number of methoxy groups -OCH3 is 1. The molecular weight excluding hydrogens is 248 g/mol. The van der Waals surface area contributed by atoms with Crippen molar-refractivity contribution in [3.8, 4) is 0 Å². The van der Waals surface area contributed by atoms with Gasteiger partial charge in [0.1, 0.15) is 0 Å². The topological polar surface area (TPSA) is 87.7 Å². The third kappa shape index (κ3) is 7.66. The number of rotatable bonds is 9. The number of aliphatic carboxylic acids is 1. The lowest BCUT2D eigenvalue weighted by Gasteiger charge is -2.23.